The molecule has 2 aromatic heterocycles. The Kier molecular flexibility index (Phi) is 3.38. The van der Waals surface area contributed by atoms with Gasteiger partial charge in [-0.2, -0.15) is 18.3 Å². The van der Waals surface area contributed by atoms with Crippen molar-refractivity contribution in [3.8, 4) is 16.4 Å². The number of nitrogens with zero attached hydrogens (tertiary/aromatic N) is 3. The molecule has 24 heavy (non-hydrogen) atoms. The van der Waals surface area contributed by atoms with Crippen molar-refractivity contribution in [1.29, 1.82) is 0 Å². The van der Waals surface area contributed by atoms with E-state index in [9.17, 15) is 13.2 Å². The van der Waals surface area contributed by atoms with E-state index in [1.165, 1.54) is 6.20 Å². The Bertz CT molecular complexity index is 1000. The van der Waals surface area contributed by atoms with Crippen LogP contribution >= 0.6 is 11.3 Å². The first-order valence-corrected chi connectivity index (χ1v) is 7.97. The van der Waals surface area contributed by atoms with Crippen molar-refractivity contribution in [2.45, 2.75) is 6.18 Å². The molecular formula is C17H10F3N3S. The van der Waals surface area contributed by atoms with E-state index in [1.54, 1.807) is 11.4 Å². The fourth-order valence-electron chi connectivity index (χ4n) is 2.54. The molecule has 0 spiro atoms. The van der Waals surface area contributed by atoms with Gasteiger partial charge in [-0.15, -0.1) is 11.3 Å². The van der Waals surface area contributed by atoms with Crippen molar-refractivity contribution in [3.63, 3.8) is 0 Å². The molecule has 0 N–H and O–H groups in total. The number of halogens is 3. The van der Waals surface area contributed by atoms with Crippen molar-refractivity contribution in [1.82, 2.24) is 14.8 Å². The lowest BCUT2D eigenvalue weighted by atomic mass is 10.1. The van der Waals surface area contributed by atoms with Gasteiger partial charge in [-0.05, 0) is 22.9 Å². The summed E-state index contributed by atoms with van der Waals surface area (Å²) in [7, 11) is 0. The van der Waals surface area contributed by atoms with Gasteiger partial charge in [0, 0.05) is 17.1 Å². The first-order chi connectivity index (χ1) is 11.5. The number of aromatic nitrogens is 3. The second kappa shape index (κ2) is 5.45. The minimum Gasteiger partial charge on any atom is -0.227 e. The van der Waals surface area contributed by atoms with E-state index in [1.807, 2.05) is 36.4 Å². The molecule has 4 aromatic rings. The van der Waals surface area contributed by atoms with Gasteiger partial charge in [0.2, 0.25) is 5.13 Å². The number of hydrogen-bond donors (Lipinski definition) is 0. The van der Waals surface area contributed by atoms with Crippen LogP contribution in [0.4, 0.5) is 13.2 Å². The Morgan fingerprint density at radius 3 is 2.46 bits per heavy atom. The molecular weight excluding hydrogens is 335 g/mol. The topological polar surface area (TPSA) is 30.7 Å². The number of rotatable bonds is 2. The standard InChI is InChI=1S/C17H10F3N3S/c18-17(19,20)15-10-14(22-23(15)16-21-7-8-24-16)13-6-5-11-3-1-2-4-12(11)9-13/h1-10H. The summed E-state index contributed by atoms with van der Waals surface area (Å²) < 4.78 is 40.9. The Morgan fingerprint density at radius 2 is 1.75 bits per heavy atom. The highest BCUT2D eigenvalue weighted by Gasteiger charge is 2.37. The highest BCUT2D eigenvalue weighted by molar-refractivity contribution is 7.12. The third-order valence-corrected chi connectivity index (χ3v) is 4.39. The highest BCUT2D eigenvalue weighted by Crippen LogP contribution is 2.35. The van der Waals surface area contributed by atoms with Gasteiger partial charge in [0.05, 0.1) is 5.69 Å². The number of hydrogen-bond acceptors (Lipinski definition) is 3. The summed E-state index contributed by atoms with van der Waals surface area (Å²) in [6.45, 7) is 0. The first kappa shape index (κ1) is 14.9. The van der Waals surface area contributed by atoms with Crippen LogP contribution in [0.2, 0.25) is 0 Å². The molecule has 0 saturated heterocycles. The summed E-state index contributed by atoms with van der Waals surface area (Å²) in [5.41, 5.74) is 0.0680. The molecule has 0 saturated carbocycles. The normalized spacial score (nSPS) is 12.0. The summed E-state index contributed by atoms with van der Waals surface area (Å²) in [6, 6.07) is 14.2. The molecule has 3 nitrogen and oxygen atoms in total. The molecule has 0 amide bonds. The molecule has 7 heteroatoms. The minimum atomic E-state index is -4.51. The van der Waals surface area contributed by atoms with Crippen LogP contribution < -0.4 is 0 Å². The predicted molar refractivity (Wildman–Crippen MR) is 87.2 cm³/mol. The van der Waals surface area contributed by atoms with Crippen molar-refractivity contribution in [2.75, 3.05) is 0 Å². The van der Waals surface area contributed by atoms with Gasteiger partial charge in [-0.3, -0.25) is 0 Å². The van der Waals surface area contributed by atoms with Gasteiger partial charge < -0.3 is 0 Å². The monoisotopic (exact) mass is 345 g/mol. The molecule has 0 bridgehead atoms. The average molecular weight is 345 g/mol. The quantitative estimate of drug-likeness (QED) is 0.502. The second-order valence-electron chi connectivity index (χ2n) is 5.20. The third-order valence-electron chi connectivity index (χ3n) is 3.65. The molecule has 2 heterocycles. The number of thiazole rings is 1. The minimum absolute atomic E-state index is 0.189. The molecule has 120 valence electrons. The lowest BCUT2D eigenvalue weighted by Gasteiger charge is -2.06. The highest BCUT2D eigenvalue weighted by atomic mass is 32.1. The van der Waals surface area contributed by atoms with Gasteiger partial charge >= 0.3 is 6.18 Å². The molecule has 0 fully saturated rings. The molecule has 0 radical (unpaired) electrons. The van der Waals surface area contributed by atoms with E-state index < -0.39 is 11.9 Å². The number of fused-ring (bicyclic) bond motifs is 1. The zero-order valence-corrected chi connectivity index (χ0v) is 13.0. The molecule has 0 unspecified atom stereocenters. The largest absolute Gasteiger partial charge is 0.433 e. The maximum absolute atomic E-state index is 13.3. The Morgan fingerprint density at radius 1 is 0.958 bits per heavy atom. The number of alkyl halides is 3. The predicted octanol–water partition coefficient (Wildman–Crippen LogP) is 5.17. The van der Waals surface area contributed by atoms with Gasteiger partial charge in [0.1, 0.15) is 0 Å². The van der Waals surface area contributed by atoms with Crippen LogP contribution in [-0.4, -0.2) is 14.8 Å². The fourth-order valence-corrected chi connectivity index (χ4v) is 3.14. The maximum Gasteiger partial charge on any atom is 0.433 e. The van der Waals surface area contributed by atoms with Crippen LogP contribution in [0, 0.1) is 0 Å². The van der Waals surface area contributed by atoms with Crippen LogP contribution in [-0.2, 0) is 6.18 Å². The van der Waals surface area contributed by atoms with Gasteiger partial charge in [-0.1, -0.05) is 36.4 Å². The van der Waals surface area contributed by atoms with Gasteiger partial charge in [0.25, 0.3) is 0 Å². The zero-order valence-electron chi connectivity index (χ0n) is 12.2. The molecule has 4 rings (SSSR count). The molecule has 0 atom stereocenters. The lowest BCUT2D eigenvalue weighted by Crippen LogP contribution is -2.12. The van der Waals surface area contributed by atoms with Crippen LogP contribution in [0.15, 0.2) is 60.1 Å². The molecule has 0 aliphatic heterocycles. The van der Waals surface area contributed by atoms with Gasteiger partial charge in [-0.25, -0.2) is 9.67 Å². The second-order valence-corrected chi connectivity index (χ2v) is 6.07. The molecule has 2 aromatic carbocycles. The summed E-state index contributed by atoms with van der Waals surface area (Å²) in [5, 5.41) is 7.92. The van der Waals surface area contributed by atoms with E-state index in [0.717, 1.165) is 32.9 Å². The Balaban J connectivity index is 1.89. The van der Waals surface area contributed by atoms with Crippen molar-refractivity contribution in [3.05, 3.63) is 65.8 Å². The first-order valence-electron chi connectivity index (χ1n) is 7.09. The zero-order chi connectivity index (χ0) is 16.7. The molecule has 0 aliphatic rings. The van der Waals surface area contributed by atoms with Crippen molar-refractivity contribution >= 4 is 22.1 Å². The Labute approximate surface area is 139 Å². The number of benzene rings is 2. The summed E-state index contributed by atoms with van der Waals surface area (Å²) >= 11 is 1.11. The van der Waals surface area contributed by atoms with Crippen LogP contribution in [0.1, 0.15) is 5.69 Å². The summed E-state index contributed by atoms with van der Waals surface area (Å²) in [6.07, 6.45) is -3.05. The van der Waals surface area contributed by atoms with Crippen molar-refractivity contribution in [2.24, 2.45) is 0 Å². The summed E-state index contributed by atoms with van der Waals surface area (Å²) in [5.74, 6) is 0. The van der Waals surface area contributed by atoms with Crippen molar-refractivity contribution < 1.29 is 13.2 Å². The lowest BCUT2D eigenvalue weighted by molar-refractivity contribution is -0.142. The summed E-state index contributed by atoms with van der Waals surface area (Å²) in [4.78, 5) is 3.94. The van der Waals surface area contributed by atoms with E-state index >= 15 is 0 Å². The van der Waals surface area contributed by atoms with E-state index in [-0.39, 0.29) is 10.8 Å². The third kappa shape index (κ3) is 2.56. The molecule has 0 aliphatic carbocycles. The van der Waals surface area contributed by atoms with Crippen LogP contribution in [0.25, 0.3) is 27.2 Å². The van der Waals surface area contributed by atoms with Gasteiger partial charge in [0.15, 0.2) is 5.69 Å². The van der Waals surface area contributed by atoms with Crippen LogP contribution in [0.3, 0.4) is 0 Å². The Hall–Kier alpha value is -2.67. The average Bonchev–Trinajstić information content (AvgIpc) is 3.23. The SMILES string of the molecule is FC(F)(F)c1cc(-c2ccc3ccccc3c2)nn1-c1nccs1. The fraction of sp³-hybridized carbons (Fsp3) is 0.0588. The maximum atomic E-state index is 13.3. The van der Waals surface area contributed by atoms with E-state index in [0.29, 0.717) is 5.56 Å². The van der Waals surface area contributed by atoms with E-state index in [2.05, 4.69) is 10.1 Å². The van der Waals surface area contributed by atoms with E-state index in [4.69, 9.17) is 0 Å². The van der Waals surface area contributed by atoms with Crippen LogP contribution in [0.5, 0.6) is 0 Å². The smallest absolute Gasteiger partial charge is 0.227 e.